The van der Waals surface area contributed by atoms with Gasteiger partial charge in [0.2, 0.25) is 0 Å². The number of carbonyl (C=O) groups is 1. The Morgan fingerprint density at radius 2 is 2.00 bits per heavy atom. The van der Waals surface area contributed by atoms with Crippen LogP contribution in [0.3, 0.4) is 0 Å². The van der Waals surface area contributed by atoms with E-state index < -0.39 is 16.0 Å². The Kier molecular flexibility index (Phi) is 4.34. The normalized spacial score (nSPS) is 11.3. The van der Waals surface area contributed by atoms with E-state index in [1.165, 1.54) is 23.5 Å². The smallest absolute Gasteiger partial charge is 0.338 e. The summed E-state index contributed by atoms with van der Waals surface area (Å²) in [5.74, 6) is -1.16. The Balaban J connectivity index is 2.42. The van der Waals surface area contributed by atoms with Crippen molar-refractivity contribution in [2.24, 2.45) is 0 Å². The van der Waals surface area contributed by atoms with Crippen LogP contribution in [0.2, 0.25) is 0 Å². The SMILES string of the molecule is CCc1ccc(S(=O)(=O)Nc2cccc(C)c2C(=O)O)s1. The molecular weight excluding hydrogens is 310 g/mol. The maximum absolute atomic E-state index is 12.3. The molecule has 0 aliphatic rings. The summed E-state index contributed by atoms with van der Waals surface area (Å²) in [6.45, 7) is 3.57. The van der Waals surface area contributed by atoms with Crippen molar-refractivity contribution in [3.05, 3.63) is 46.3 Å². The molecule has 5 nitrogen and oxygen atoms in total. The van der Waals surface area contributed by atoms with E-state index in [-0.39, 0.29) is 15.5 Å². The van der Waals surface area contributed by atoms with Crippen molar-refractivity contribution in [1.82, 2.24) is 0 Å². The summed E-state index contributed by atoms with van der Waals surface area (Å²) in [6.07, 6.45) is 0.755. The Morgan fingerprint density at radius 1 is 1.29 bits per heavy atom. The van der Waals surface area contributed by atoms with Gasteiger partial charge >= 0.3 is 5.97 Å². The number of benzene rings is 1. The number of hydrogen-bond donors (Lipinski definition) is 2. The van der Waals surface area contributed by atoms with Gasteiger partial charge in [0.1, 0.15) is 4.21 Å². The van der Waals surface area contributed by atoms with E-state index in [1.54, 1.807) is 25.1 Å². The van der Waals surface area contributed by atoms with Crippen LogP contribution in [0, 0.1) is 6.92 Å². The van der Waals surface area contributed by atoms with E-state index in [1.807, 2.05) is 6.92 Å². The number of sulfonamides is 1. The molecule has 2 aromatic rings. The van der Waals surface area contributed by atoms with E-state index in [0.717, 1.165) is 11.3 Å². The minimum atomic E-state index is -3.77. The van der Waals surface area contributed by atoms with E-state index in [2.05, 4.69) is 4.72 Å². The van der Waals surface area contributed by atoms with Crippen LogP contribution in [-0.4, -0.2) is 19.5 Å². The zero-order valence-corrected chi connectivity index (χ0v) is 13.2. The van der Waals surface area contributed by atoms with Gasteiger partial charge in [-0.25, -0.2) is 13.2 Å². The highest BCUT2D eigenvalue weighted by Crippen LogP contribution is 2.27. The number of nitrogens with one attached hydrogen (secondary N) is 1. The lowest BCUT2D eigenvalue weighted by molar-refractivity contribution is 0.0697. The molecule has 1 aromatic carbocycles. The van der Waals surface area contributed by atoms with Crippen LogP contribution in [0.4, 0.5) is 5.69 Å². The molecule has 0 saturated heterocycles. The maximum Gasteiger partial charge on any atom is 0.338 e. The summed E-state index contributed by atoms with van der Waals surface area (Å²) in [5, 5.41) is 9.22. The summed E-state index contributed by atoms with van der Waals surface area (Å²) in [4.78, 5) is 12.2. The molecule has 21 heavy (non-hydrogen) atoms. The highest BCUT2D eigenvalue weighted by atomic mass is 32.2. The minimum absolute atomic E-state index is 0.0339. The number of hydrogen-bond acceptors (Lipinski definition) is 4. The first-order chi connectivity index (χ1) is 9.85. The van der Waals surface area contributed by atoms with Crippen molar-refractivity contribution < 1.29 is 18.3 Å². The Hall–Kier alpha value is -1.86. The zero-order chi connectivity index (χ0) is 15.6. The van der Waals surface area contributed by atoms with E-state index in [4.69, 9.17) is 0 Å². The van der Waals surface area contributed by atoms with Crippen molar-refractivity contribution >= 4 is 33.0 Å². The molecule has 2 rings (SSSR count). The van der Waals surface area contributed by atoms with Gasteiger partial charge in [-0.3, -0.25) is 4.72 Å². The van der Waals surface area contributed by atoms with Crippen LogP contribution in [0.25, 0.3) is 0 Å². The summed E-state index contributed by atoms with van der Waals surface area (Å²) in [7, 11) is -3.77. The number of aryl methyl sites for hydroxylation is 2. The van der Waals surface area contributed by atoms with E-state index >= 15 is 0 Å². The molecule has 0 spiro atoms. The van der Waals surface area contributed by atoms with Crippen molar-refractivity contribution in [2.75, 3.05) is 4.72 Å². The predicted molar refractivity (Wildman–Crippen MR) is 82.6 cm³/mol. The fraction of sp³-hybridized carbons (Fsp3) is 0.214. The zero-order valence-electron chi connectivity index (χ0n) is 11.6. The van der Waals surface area contributed by atoms with E-state index in [9.17, 15) is 18.3 Å². The monoisotopic (exact) mass is 325 g/mol. The first-order valence-corrected chi connectivity index (χ1v) is 8.59. The largest absolute Gasteiger partial charge is 0.478 e. The number of anilines is 1. The molecule has 0 bridgehead atoms. The number of aromatic carboxylic acids is 1. The topological polar surface area (TPSA) is 83.5 Å². The van der Waals surface area contributed by atoms with Gasteiger partial charge in [0, 0.05) is 4.88 Å². The Bertz CT molecular complexity index is 778. The first-order valence-electron chi connectivity index (χ1n) is 6.29. The maximum atomic E-state index is 12.3. The lowest BCUT2D eigenvalue weighted by Crippen LogP contribution is -2.15. The molecule has 1 heterocycles. The summed E-state index contributed by atoms with van der Waals surface area (Å²) in [6, 6.07) is 7.98. The molecule has 0 aliphatic heterocycles. The molecule has 0 amide bonds. The van der Waals surface area contributed by atoms with Crippen molar-refractivity contribution in [1.29, 1.82) is 0 Å². The molecule has 0 saturated carbocycles. The highest BCUT2D eigenvalue weighted by Gasteiger charge is 2.21. The summed E-state index contributed by atoms with van der Waals surface area (Å²) in [5.41, 5.74) is 0.547. The third kappa shape index (κ3) is 3.25. The third-order valence-corrected chi connectivity index (χ3v) is 6.07. The van der Waals surface area contributed by atoms with Crippen molar-refractivity contribution in [3.63, 3.8) is 0 Å². The molecule has 0 atom stereocenters. The lowest BCUT2D eigenvalue weighted by atomic mass is 10.1. The van der Waals surface area contributed by atoms with Crippen LogP contribution in [0.5, 0.6) is 0 Å². The standard InChI is InChI=1S/C14H15NO4S2/c1-3-10-7-8-12(20-10)21(18,19)15-11-6-4-5-9(2)13(11)14(16)17/h4-8,15H,3H2,1-2H3,(H,16,17). The van der Waals surface area contributed by atoms with Crippen LogP contribution in [-0.2, 0) is 16.4 Å². The average molecular weight is 325 g/mol. The van der Waals surface area contributed by atoms with Crippen molar-refractivity contribution in [2.45, 2.75) is 24.5 Å². The number of thiophene rings is 1. The molecular formula is C14H15NO4S2. The second-order valence-corrected chi connectivity index (χ2v) is 7.56. The molecule has 112 valence electrons. The average Bonchev–Trinajstić information content (AvgIpc) is 2.87. The molecule has 0 fully saturated rings. The van der Waals surface area contributed by atoms with Crippen LogP contribution >= 0.6 is 11.3 Å². The predicted octanol–water partition coefficient (Wildman–Crippen LogP) is 3.12. The molecule has 1 aromatic heterocycles. The van der Waals surface area contributed by atoms with Gasteiger partial charge in [0.25, 0.3) is 10.0 Å². The van der Waals surface area contributed by atoms with Gasteiger partial charge in [-0.05, 0) is 37.1 Å². The molecule has 2 N–H and O–H groups in total. The number of carboxylic acid groups (broad SMARTS) is 1. The summed E-state index contributed by atoms with van der Waals surface area (Å²) >= 11 is 1.18. The van der Waals surface area contributed by atoms with Crippen molar-refractivity contribution in [3.8, 4) is 0 Å². The van der Waals surface area contributed by atoms with E-state index in [0.29, 0.717) is 5.56 Å². The lowest BCUT2D eigenvalue weighted by Gasteiger charge is -2.11. The highest BCUT2D eigenvalue weighted by molar-refractivity contribution is 7.94. The van der Waals surface area contributed by atoms with Gasteiger partial charge in [0.15, 0.2) is 0 Å². The van der Waals surface area contributed by atoms with Gasteiger partial charge in [-0.15, -0.1) is 11.3 Å². The Labute approximate surface area is 127 Å². The van der Waals surface area contributed by atoms with Gasteiger partial charge in [-0.2, -0.15) is 0 Å². The fourth-order valence-electron chi connectivity index (χ4n) is 1.92. The number of rotatable bonds is 5. The quantitative estimate of drug-likeness (QED) is 0.884. The molecule has 7 heteroatoms. The van der Waals surface area contributed by atoms with Crippen LogP contribution in [0.1, 0.15) is 27.7 Å². The first kappa shape index (κ1) is 15.5. The second kappa shape index (κ2) is 5.87. The minimum Gasteiger partial charge on any atom is -0.478 e. The summed E-state index contributed by atoms with van der Waals surface area (Å²) < 4.78 is 27.2. The molecule has 0 unspecified atom stereocenters. The van der Waals surface area contributed by atoms with Crippen LogP contribution < -0.4 is 4.72 Å². The Morgan fingerprint density at radius 3 is 2.57 bits per heavy atom. The van der Waals surface area contributed by atoms with Crippen LogP contribution in [0.15, 0.2) is 34.5 Å². The van der Waals surface area contributed by atoms with Gasteiger partial charge in [0.05, 0.1) is 11.3 Å². The molecule has 0 radical (unpaired) electrons. The fourth-order valence-corrected chi connectivity index (χ4v) is 4.29. The van der Waals surface area contributed by atoms with Gasteiger partial charge in [-0.1, -0.05) is 19.1 Å². The van der Waals surface area contributed by atoms with Gasteiger partial charge < -0.3 is 5.11 Å². The number of carboxylic acids is 1. The second-order valence-electron chi connectivity index (χ2n) is 4.48. The molecule has 0 aliphatic carbocycles. The third-order valence-electron chi connectivity index (χ3n) is 2.98.